The molecule has 0 spiro atoms. The van der Waals surface area contributed by atoms with Crippen molar-refractivity contribution in [3.63, 3.8) is 0 Å². The lowest BCUT2D eigenvalue weighted by atomic mass is 9.67. The number of hydrogen-bond donors (Lipinski definition) is 0. The van der Waals surface area contributed by atoms with E-state index < -0.39 is 5.41 Å². The number of hydrogen-bond acceptors (Lipinski definition) is 3. The van der Waals surface area contributed by atoms with Crippen LogP contribution in [0.25, 0.3) is 86.3 Å². The standard InChI is InChI=1S/C65H41NOS/c1-2-14-47(15-3-1)65(59-24-8-4-18-53(59)54-19-5-9-25-60(54)65)48-16-12-17-50(41-48)66(49-34-30-42(31-35-49)45-33-37-62-58(40-45)55-20-6-10-26-61(55)67-62)51-36-32-43-38-46(29-28-44(43)39-51)52-22-13-23-57-56-21-7-11-27-63(56)68-64(52)57/h1-41H. The molecule has 14 rings (SSSR count). The van der Waals surface area contributed by atoms with E-state index in [1.165, 1.54) is 75.5 Å². The van der Waals surface area contributed by atoms with Crippen molar-refractivity contribution in [2.24, 2.45) is 0 Å². The largest absolute Gasteiger partial charge is 0.456 e. The summed E-state index contributed by atoms with van der Waals surface area (Å²) in [6.45, 7) is 0. The molecule has 0 radical (unpaired) electrons. The van der Waals surface area contributed by atoms with E-state index in [2.05, 4.69) is 241 Å². The van der Waals surface area contributed by atoms with Crippen LogP contribution in [0.2, 0.25) is 0 Å². The molecule has 0 N–H and O–H groups in total. The summed E-state index contributed by atoms with van der Waals surface area (Å²) in [5, 5.41) is 7.29. The highest BCUT2D eigenvalue weighted by atomic mass is 32.1. The van der Waals surface area contributed by atoms with E-state index in [4.69, 9.17) is 4.42 Å². The minimum absolute atomic E-state index is 0.521. The molecule has 13 aromatic rings. The molecule has 0 aliphatic heterocycles. The second-order valence-electron chi connectivity index (χ2n) is 18.0. The van der Waals surface area contributed by atoms with Gasteiger partial charge in [0.05, 0.1) is 5.41 Å². The molecule has 0 unspecified atom stereocenters. The lowest BCUT2D eigenvalue weighted by Gasteiger charge is -2.35. The van der Waals surface area contributed by atoms with Crippen molar-refractivity contribution in [3.8, 4) is 33.4 Å². The Labute approximate surface area is 398 Å². The maximum Gasteiger partial charge on any atom is 0.135 e. The third-order valence-electron chi connectivity index (χ3n) is 14.3. The summed E-state index contributed by atoms with van der Waals surface area (Å²) in [7, 11) is 0. The Balaban J connectivity index is 0.929. The first-order valence-corrected chi connectivity index (χ1v) is 24.1. The lowest BCUT2D eigenvalue weighted by Crippen LogP contribution is -2.28. The number of nitrogens with zero attached hydrogens (tertiary/aromatic N) is 1. The second-order valence-corrected chi connectivity index (χ2v) is 19.0. The van der Waals surface area contributed by atoms with E-state index in [9.17, 15) is 0 Å². The van der Waals surface area contributed by atoms with Crippen LogP contribution in [0.15, 0.2) is 253 Å². The monoisotopic (exact) mass is 883 g/mol. The van der Waals surface area contributed by atoms with Gasteiger partial charge in [-0.1, -0.05) is 182 Å². The van der Waals surface area contributed by atoms with Gasteiger partial charge >= 0.3 is 0 Å². The first kappa shape index (κ1) is 38.7. The Bertz CT molecular complexity index is 4060. The molecule has 2 heterocycles. The van der Waals surface area contributed by atoms with Crippen molar-refractivity contribution in [2.45, 2.75) is 5.41 Å². The molecule has 3 heteroatoms. The van der Waals surface area contributed by atoms with Gasteiger partial charge < -0.3 is 9.32 Å². The molecule has 0 fully saturated rings. The Morgan fingerprint density at radius 3 is 1.76 bits per heavy atom. The van der Waals surface area contributed by atoms with E-state index in [-0.39, 0.29) is 0 Å². The summed E-state index contributed by atoms with van der Waals surface area (Å²) in [4.78, 5) is 2.43. The topological polar surface area (TPSA) is 16.4 Å². The van der Waals surface area contributed by atoms with E-state index in [1.54, 1.807) is 0 Å². The Morgan fingerprint density at radius 1 is 0.338 bits per heavy atom. The molecule has 1 aliphatic carbocycles. The number of fused-ring (bicyclic) bond motifs is 10. The van der Waals surface area contributed by atoms with Crippen molar-refractivity contribution in [2.75, 3.05) is 4.90 Å². The van der Waals surface area contributed by atoms with Crippen LogP contribution in [0.4, 0.5) is 17.1 Å². The highest BCUT2D eigenvalue weighted by molar-refractivity contribution is 7.26. The van der Waals surface area contributed by atoms with Crippen molar-refractivity contribution in [1.29, 1.82) is 0 Å². The van der Waals surface area contributed by atoms with Crippen LogP contribution in [0.3, 0.4) is 0 Å². The van der Waals surface area contributed by atoms with Crippen LogP contribution in [0.1, 0.15) is 22.3 Å². The van der Waals surface area contributed by atoms with Gasteiger partial charge in [0.2, 0.25) is 0 Å². The fourth-order valence-corrected chi connectivity index (χ4v) is 12.5. The van der Waals surface area contributed by atoms with Gasteiger partial charge in [-0.3, -0.25) is 0 Å². The van der Waals surface area contributed by atoms with Crippen LogP contribution >= 0.6 is 11.3 Å². The predicted octanol–water partition coefficient (Wildman–Crippen LogP) is 18.3. The maximum absolute atomic E-state index is 6.19. The number of anilines is 3. The quantitative estimate of drug-likeness (QED) is 0.159. The van der Waals surface area contributed by atoms with Crippen LogP contribution < -0.4 is 4.90 Å². The van der Waals surface area contributed by atoms with Gasteiger partial charge in [0, 0.05) is 48.0 Å². The third-order valence-corrected chi connectivity index (χ3v) is 15.5. The summed E-state index contributed by atoms with van der Waals surface area (Å²) < 4.78 is 8.85. The van der Waals surface area contributed by atoms with Gasteiger partial charge in [-0.05, 0) is 133 Å². The Kier molecular flexibility index (Phi) is 8.71. The zero-order valence-electron chi connectivity index (χ0n) is 36.9. The molecule has 0 saturated heterocycles. The fraction of sp³-hybridized carbons (Fsp3) is 0.0154. The molecule has 0 atom stereocenters. The number of thiophene rings is 1. The molecule has 11 aromatic carbocycles. The van der Waals surface area contributed by atoms with Gasteiger partial charge in [0.25, 0.3) is 0 Å². The molecule has 68 heavy (non-hydrogen) atoms. The second kappa shape index (κ2) is 15.3. The van der Waals surface area contributed by atoms with Gasteiger partial charge in [-0.25, -0.2) is 0 Å². The smallest absolute Gasteiger partial charge is 0.135 e. The van der Waals surface area contributed by atoms with Crippen LogP contribution in [-0.2, 0) is 5.41 Å². The van der Waals surface area contributed by atoms with Crippen LogP contribution in [0, 0.1) is 0 Å². The van der Waals surface area contributed by atoms with Crippen LogP contribution in [-0.4, -0.2) is 0 Å². The maximum atomic E-state index is 6.19. The highest BCUT2D eigenvalue weighted by Crippen LogP contribution is 2.56. The lowest BCUT2D eigenvalue weighted by molar-refractivity contribution is 0.669. The number of rotatable bonds is 7. The molecule has 0 saturated carbocycles. The van der Waals surface area contributed by atoms with Gasteiger partial charge in [-0.2, -0.15) is 0 Å². The van der Waals surface area contributed by atoms with E-state index in [0.29, 0.717) is 0 Å². The zero-order valence-corrected chi connectivity index (χ0v) is 37.8. The normalized spacial score (nSPS) is 12.8. The Hall–Kier alpha value is -8.50. The molecular weight excluding hydrogens is 843 g/mol. The summed E-state index contributed by atoms with van der Waals surface area (Å²) in [6.07, 6.45) is 0. The summed E-state index contributed by atoms with van der Waals surface area (Å²) in [5.74, 6) is 0. The van der Waals surface area contributed by atoms with Crippen molar-refractivity contribution < 1.29 is 4.42 Å². The van der Waals surface area contributed by atoms with Crippen molar-refractivity contribution in [3.05, 3.63) is 271 Å². The zero-order chi connectivity index (χ0) is 44.8. The molecule has 1 aliphatic rings. The average Bonchev–Trinajstić information content (AvgIpc) is 4.08. The molecule has 2 aromatic heterocycles. The van der Waals surface area contributed by atoms with Crippen molar-refractivity contribution >= 4 is 81.3 Å². The van der Waals surface area contributed by atoms with Gasteiger partial charge in [0.1, 0.15) is 11.2 Å². The van der Waals surface area contributed by atoms with Crippen molar-refractivity contribution in [1.82, 2.24) is 0 Å². The fourth-order valence-electron chi connectivity index (χ4n) is 11.3. The molecule has 0 bridgehead atoms. The molecule has 318 valence electrons. The summed E-state index contributed by atoms with van der Waals surface area (Å²) in [5.41, 5.74) is 17.0. The Morgan fingerprint density at radius 2 is 0.926 bits per heavy atom. The first-order valence-electron chi connectivity index (χ1n) is 23.3. The first-order chi connectivity index (χ1) is 33.7. The average molecular weight is 884 g/mol. The number of furan rings is 1. The third kappa shape index (κ3) is 5.89. The SMILES string of the molecule is c1ccc(C2(c3cccc(N(c4ccc(-c5ccc6oc7ccccc7c6c5)cc4)c4ccc5cc(-c6cccc7c6sc6ccccc67)ccc5c4)c3)c3ccccc3-c3ccccc32)cc1. The molecule has 2 nitrogen and oxygen atoms in total. The number of benzene rings is 11. The van der Waals surface area contributed by atoms with Gasteiger partial charge in [-0.15, -0.1) is 11.3 Å². The molecule has 0 amide bonds. The minimum Gasteiger partial charge on any atom is -0.456 e. The number of para-hydroxylation sites is 1. The van der Waals surface area contributed by atoms with Gasteiger partial charge in [0.15, 0.2) is 0 Å². The highest BCUT2D eigenvalue weighted by Gasteiger charge is 2.46. The van der Waals surface area contributed by atoms with E-state index in [0.717, 1.165) is 50.1 Å². The minimum atomic E-state index is -0.521. The van der Waals surface area contributed by atoms with E-state index in [1.807, 2.05) is 23.5 Å². The summed E-state index contributed by atoms with van der Waals surface area (Å²) >= 11 is 1.88. The van der Waals surface area contributed by atoms with E-state index >= 15 is 0 Å². The summed E-state index contributed by atoms with van der Waals surface area (Å²) in [6, 6.07) is 91.5. The predicted molar refractivity (Wildman–Crippen MR) is 287 cm³/mol. The van der Waals surface area contributed by atoms with Crippen LogP contribution in [0.5, 0.6) is 0 Å². The molecular formula is C65H41NOS.